The van der Waals surface area contributed by atoms with Gasteiger partial charge in [-0.05, 0) is 22.6 Å². The quantitative estimate of drug-likeness (QED) is 0.865. The summed E-state index contributed by atoms with van der Waals surface area (Å²) in [5.41, 5.74) is 0.852. The molecule has 1 N–H and O–H groups in total. The largest absolute Gasteiger partial charge is 0.497 e. The summed E-state index contributed by atoms with van der Waals surface area (Å²) in [5, 5.41) is 8.04. The number of benzene rings is 1. The molecule has 0 spiro atoms. The number of H-pyrrole nitrogens is 1. The number of hydrogen-bond donors (Lipinski definition) is 1. The van der Waals surface area contributed by atoms with E-state index in [0.717, 1.165) is 26.1 Å². The first-order valence-electron chi connectivity index (χ1n) is 4.02. The van der Waals surface area contributed by atoms with Crippen molar-refractivity contribution in [1.29, 1.82) is 0 Å². The van der Waals surface area contributed by atoms with E-state index in [1.807, 2.05) is 12.1 Å². The molecule has 0 radical (unpaired) electrons. The summed E-state index contributed by atoms with van der Waals surface area (Å²) < 4.78 is 11.4. The zero-order valence-corrected chi connectivity index (χ0v) is 9.95. The molecule has 0 saturated carbocycles. The zero-order chi connectivity index (χ0) is 10.1. The normalized spacial score (nSPS) is 10.5. The van der Waals surface area contributed by atoms with Crippen LogP contribution in [-0.2, 0) is 0 Å². The number of hydrogen-bond acceptors (Lipinski definition) is 3. The van der Waals surface area contributed by atoms with Crippen molar-refractivity contribution in [3.05, 3.63) is 15.8 Å². The molecular weight excluding hydrogens is 295 g/mol. The van der Waals surface area contributed by atoms with Gasteiger partial charge in [-0.3, -0.25) is 5.10 Å². The van der Waals surface area contributed by atoms with Crippen molar-refractivity contribution in [2.75, 3.05) is 14.2 Å². The Kier molecular flexibility index (Phi) is 2.49. The summed E-state index contributed by atoms with van der Waals surface area (Å²) in [5.74, 6) is 1.52. The molecule has 4 nitrogen and oxygen atoms in total. The minimum absolute atomic E-state index is 0.747. The van der Waals surface area contributed by atoms with Crippen LogP contribution in [0.3, 0.4) is 0 Å². The molecule has 0 fully saturated rings. The van der Waals surface area contributed by atoms with E-state index in [-0.39, 0.29) is 0 Å². The average Bonchev–Trinajstić information content (AvgIpc) is 2.59. The Hall–Kier alpha value is -0.980. The minimum atomic E-state index is 0.747. The summed E-state index contributed by atoms with van der Waals surface area (Å²) >= 11 is 2.19. The molecule has 2 aromatic rings. The Bertz CT molecular complexity index is 467. The predicted molar refractivity (Wildman–Crippen MR) is 61.9 cm³/mol. The summed E-state index contributed by atoms with van der Waals surface area (Å²) in [6.07, 6.45) is 0. The van der Waals surface area contributed by atoms with Crippen molar-refractivity contribution in [3.8, 4) is 11.5 Å². The number of ether oxygens (including phenoxy) is 2. The average molecular weight is 304 g/mol. The highest BCUT2D eigenvalue weighted by atomic mass is 127. The van der Waals surface area contributed by atoms with Gasteiger partial charge < -0.3 is 9.47 Å². The molecule has 0 aliphatic rings. The van der Waals surface area contributed by atoms with Crippen LogP contribution in [0.4, 0.5) is 0 Å². The van der Waals surface area contributed by atoms with Crippen LogP contribution in [-0.4, -0.2) is 24.4 Å². The van der Waals surface area contributed by atoms with Crippen molar-refractivity contribution >= 4 is 33.5 Å². The molecule has 0 unspecified atom stereocenters. The highest BCUT2D eigenvalue weighted by molar-refractivity contribution is 14.1. The molecule has 0 aliphatic heterocycles. The van der Waals surface area contributed by atoms with E-state index in [9.17, 15) is 0 Å². The molecule has 1 aromatic carbocycles. The Morgan fingerprint density at radius 3 is 2.71 bits per heavy atom. The molecule has 14 heavy (non-hydrogen) atoms. The second-order valence-corrected chi connectivity index (χ2v) is 3.84. The number of rotatable bonds is 2. The molecule has 0 bridgehead atoms. The minimum Gasteiger partial charge on any atom is -0.497 e. The third-order valence-corrected chi connectivity index (χ3v) is 2.79. The fraction of sp³-hybridized carbons (Fsp3) is 0.222. The van der Waals surface area contributed by atoms with Gasteiger partial charge in [0.25, 0.3) is 0 Å². The van der Waals surface area contributed by atoms with Crippen molar-refractivity contribution < 1.29 is 9.47 Å². The lowest BCUT2D eigenvalue weighted by Gasteiger charge is -2.04. The first-order valence-corrected chi connectivity index (χ1v) is 5.09. The van der Waals surface area contributed by atoms with Gasteiger partial charge in [0.2, 0.25) is 0 Å². The van der Waals surface area contributed by atoms with Crippen molar-refractivity contribution in [2.45, 2.75) is 0 Å². The maximum absolute atomic E-state index is 5.26. The first-order chi connectivity index (χ1) is 6.76. The van der Waals surface area contributed by atoms with Crippen LogP contribution in [0.1, 0.15) is 0 Å². The van der Waals surface area contributed by atoms with Crippen molar-refractivity contribution in [2.24, 2.45) is 0 Å². The molecular formula is C9H9IN2O2. The van der Waals surface area contributed by atoms with Crippen LogP contribution in [0.5, 0.6) is 11.5 Å². The number of nitrogens with one attached hydrogen (secondary N) is 1. The molecule has 2 rings (SSSR count). The third kappa shape index (κ3) is 1.41. The highest BCUT2D eigenvalue weighted by Gasteiger charge is 2.10. The SMILES string of the molecule is COc1cc(OC)c2c(I)[nH]nc2c1. The smallest absolute Gasteiger partial charge is 0.134 e. The Balaban J connectivity index is 2.76. The number of halogens is 1. The molecule has 1 aromatic heterocycles. The molecule has 74 valence electrons. The van der Waals surface area contributed by atoms with E-state index >= 15 is 0 Å². The number of methoxy groups -OCH3 is 2. The lowest BCUT2D eigenvalue weighted by molar-refractivity contribution is 0.398. The summed E-state index contributed by atoms with van der Waals surface area (Å²) in [4.78, 5) is 0. The summed E-state index contributed by atoms with van der Waals surface area (Å²) in [6.45, 7) is 0. The lowest BCUT2D eigenvalue weighted by Crippen LogP contribution is -1.88. The van der Waals surface area contributed by atoms with E-state index in [0.29, 0.717) is 0 Å². The number of fused-ring (bicyclic) bond motifs is 1. The van der Waals surface area contributed by atoms with Crippen LogP contribution >= 0.6 is 22.6 Å². The first kappa shape index (κ1) is 9.57. The van der Waals surface area contributed by atoms with Gasteiger partial charge in [0.15, 0.2) is 0 Å². The Morgan fingerprint density at radius 1 is 1.29 bits per heavy atom. The van der Waals surface area contributed by atoms with Gasteiger partial charge in [-0.2, -0.15) is 5.10 Å². The molecule has 5 heteroatoms. The van der Waals surface area contributed by atoms with Crippen LogP contribution in [0.15, 0.2) is 12.1 Å². The van der Waals surface area contributed by atoms with E-state index in [1.54, 1.807) is 14.2 Å². The second-order valence-electron chi connectivity index (χ2n) is 2.76. The maximum Gasteiger partial charge on any atom is 0.134 e. The standard InChI is InChI=1S/C9H9IN2O2/c1-13-5-3-6-8(7(4-5)14-2)9(10)12-11-6/h3-4H,1-2H3,(H,11,12). The molecule has 0 saturated heterocycles. The monoisotopic (exact) mass is 304 g/mol. The van der Waals surface area contributed by atoms with E-state index in [1.165, 1.54) is 0 Å². The maximum atomic E-state index is 5.26. The van der Waals surface area contributed by atoms with Crippen molar-refractivity contribution in [1.82, 2.24) is 10.2 Å². The summed E-state index contributed by atoms with van der Waals surface area (Å²) in [7, 11) is 3.26. The lowest BCUT2D eigenvalue weighted by atomic mass is 10.2. The predicted octanol–water partition coefficient (Wildman–Crippen LogP) is 2.18. The van der Waals surface area contributed by atoms with Crippen LogP contribution in [0.25, 0.3) is 10.9 Å². The molecule has 0 atom stereocenters. The zero-order valence-electron chi connectivity index (χ0n) is 7.80. The van der Waals surface area contributed by atoms with Gasteiger partial charge in [-0.15, -0.1) is 0 Å². The van der Waals surface area contributed by atoms with Gasteiger partial charge >= 0.3 is 0 Å². The highest BCUT2D eigenvalue weighted by Crippen LogP contribution is 2.32. The Labute approximate surface area is 94.7 Å². The van der Waals surface area contributed by atoms with Crippen molar-refractivity contribution in [3.63, 3.8) is 0 Å². The number of aromatic amines is 1. The van der Waals surface area contributed by atoms with Gasteiger partial charge in [0.1, 0.15) is 20.7 Å². The van der Waals surface area contributed by atoms with Gasteiger partial charge in [0.05, 0.1) is 19.6 Å². The van der Waals surface area contributed by atoms with E-state index < -0.39 is 0 Å². The second kappa shape index (κ2) is 3.64. The van der Waals surface area contributed by atoms with E-state index in [4.69, 9.17) is 9.47 Å². The van der Waals surface area contributed by atoms with Gasteiger partial charge in [-0.1, -0.05) is 0 Å². The fourth-order valence-corrected chi connectivity index (χ4v) is 1.99. The fourth-order valence-electron chi connectivity index (χ4n) is 1.33. The van der Waals surface area contributed by atoms with Gasteiger partial charge in [-0.25, -0.2) is 0 Å². The van der Waals surface area contributed by atoms with Gasteiger partial charge in [0, 0.05) is 12.1 Å². The summed E-state index contributed by atoms with van der Waals surface area (Å²) in [6, 6.07) is 3.72. The van der Waals surface area contributed by atoms with E-state index in [2.05, 4.69) is 32.8 Å². The molecule has 0 aliphatic carbocycles. The topological polar surface area (TPSA) is 47.1 Å². The number of nitrogens with zero attached hydrogens (tertiary/aromatic N) is 1. The molecule has 0 amide bonds. The Morgan fingerprint density at radius 2 is 2.07 bits per heavy atom. The van der Waals surface area contributed by atoms with Crippen LogP contribution < -0.4 is 9.47 Å². The number of aromatic nitrogens is 2. The van der Waals surface area contributed by atoms with Crippen LogP contribution in [0.2, 0.25) is 0 Å². The van der Waals surface area contributed by atoms with Crippen LogP contribution in [0, 0.1) is 3.70 Å². The molecule has 1 heterocycles. The third-order valence-electron chi connectivity index (χ3n) is 2.00.